The van der Waals surface area contributed by atoms with E-state index in [0.29, 0.717) is 31.6 Å². The number of aromatic nitrogens is 2. The number of fused-ring (bicyclic) bond motifs is 1. The minimum absolute atomic E-state index is 0.0223. The van der Waals surface area contributed by atoms with E-state index in [0.717, 1.165) is 33.4 Å². The SMILES string of the molecule is CC.CCc1cc(C(=O)OC)c(OC)nc1-c1ccc2c(c1)cc(C1CN(C(=O)OC(C)(C)C)CCN1)n2C. The molecule has 1 unspecified atom stereocenters. The molecule has 0 spiro atoms. The molecule has 39 heavy (non-hydrogen) atoms. The summed E-state index contributed by atoms with van der Waals surface area (Å²) < 4.78 is 18.1. The molecule has 1 aliphatic heterocycles. The fraction of sp³-hybridized carbons (Fsp3) is 0.500. The summed E-state index contributed by atoms with van der Waals surface area (Å²) in [5.41, 5.74) is 4.57. The molecule has 3 heterocycles. The largest absolute Gasteiger partial charge is 0.480 e. The van der Waals surface area contributed by atoms with Crippen molar-refractivity contribution in [3.05, 3.63) is 47.2 Å². The number of esters is 1. The van der Waals surface area contributed by atoms with E-state index < -0.39 is 11.6 Å². The number of hydrogen-bond donors (Lipinski definition) is 1. The van der Waals surface area contributed by atoms with E-state index in [1.54, 1.807) is 11.0 Å². The fourth-order valence-electron chi connectivity index (χ4n) is 4.76. The number of carbonyl (C=O) groups excluding carboxylic acids is 2. The van der Waals surface area contributed by atoms with Crippen molar-refractivity contribution in [1.29, 1.82) is 0 Å². The van der Waals surface area contributed by atoms with Crippen LogP contribution in [0.3, 0.4) is 0 Å². The van der Waals surface area contributed by atoms with Gasteiger partial charge in [0.1, 0.15) is 11.2 Å². The van der Waals surface area contributed by atoms with Crippen LogP contribution >= 0.6 is 0 Å². The number of nitrogens with zero attached hydrogens (tertiary/aromatic N) is 3. The predicted molar refractivity (Wildman–Crippen MR) is 153 cm³/mol. The van der Waals surface area contributed by atoms with Gasteiger partial charge in [-0.05, 0) is 57.0 Å². The number of rotatable bonds is 5. The molecule has 0 bridgehead atoms. The van der Waals surface area contributed by atoms with Crippen molar-refractivity contribution < 1.29 is 23.8 Å². The summed E-state index contributed by atoms with van der Waals surface area (Å²) in [7, 11) is 4.88. The molecule has 1 aromatic carbocycles. The van der Waals surface area contributed by atoms with Gasteiger partial charge in [0.2, 0.25) is 5.88 Å². The molecule has 0 radical (unpaired) electrons. The zero-order valence-corrected chi connectivity index (χ0v) is 24.7. The van der Waals surface area contributed by atoms with E-state index >= 15 is 0 Å². The Hall–Kier alpha value is -3.59. The number of pyridine rings is 1. The van der Waals surface area contributed by atoms with Crippen LogP contribution in [0.25, 0.3) is 22.2 Å². The highest BCUT2D eigenvalue weighted by Gasteiger charge is 2.29. The summed E-state index contributed by atoms with van der Waals surface area (Å²) in [5, 5.41) is 4.61. The van der Waals surface area contributed by atoms with Crippen molar-refractivity contribution in [1.82, 2.24) is 19.8 Å². The van der Waals surface area contributed by atoms with Gasteiger partial charge < -0.3 is 29.0 Å². The first-order chi connectivity index (χ1) is 18.6. The third-order valence-electron chi connectivity index (χ3n) is 6.58. The summed E-state index contributed by atoms with van der Waals surface area (Å²) in [6.07, 6.45) is 0.406. The Morgan fingerprint density at radius 1 is 1.13 bits per heavy atom. The lowest BCUT2D eigenvalue weighted by Gasteiger charge is -2.35. The van der Waals surface area contributed by atoms with Gasteiger partial charge in [0.05, 0.1) is 26.0 Å². The number of amides is 1. The third-order valence-corrected chi connectivity index (χ3v) is 6.58. The van der Waals surface area contributed by atoms with Crippen molar-refractivity contribution in [3.8, 4) is 17.1 Å². The highest BCUT2D eigenvalue weighted by molar-refractivity contribution is 5.93. The highest BCUT2D eigenvalue weighted by atomic mass is 16.6. The Morgan fingerprint density at radius 2 is 1.85 bits per heavy atom. The molecule has 1 fully saturated rings. The first kappa shape index (κ1) is 30.0. The second-order valence-corrected chi connectivity index (χ2v) is 10.2. The Balaban J connectivity index is 0.00000205. The number of aryl methyl sites for hydroxylation is 2. The van der Waals surface area contributed by atoms with Gasteiger partial charge in [-0.3, -0.25) is 0 Å². The molecule has 0 saturated carbocycles. The molecule has 212 valence electrons. The number of hydrogen-bond acceptors (Lipinski definition) is 7. The van der Waals surface area contributed by atoms with Crippen LogP contribution in [0.1, 0.15) is 69.2 Å². The average molecular weight is 539 g/mol. The minimum Gasteiger partial charge on any atom is -0.480 e. The lowest BCUT2D eigenvalue weighted by atomic mass is 10.0. The average Bonchev–Trinajstić information content (AvgIpc) is 3.27. The van der Waals surface area contributed by atoms with Crippen LogP contribution in [-0.4, -0.2) is 66.0 Å². The van der Waals surface area contributed by atoms with Gasteiger partial charge in [-0.1, -0.05) is 26.8 Å². The number of ether oxygens (including phenoxy) is 3. The van der Waals surface area contributed by atoms with Crippen LogP contribution in [-0.2, 0) is 22.9 Å². The smallest absolute Gasteiger partial charge is 0.410 e. The molecule has 1 amide bonds. The normalized spacial score (nSPS) is 15.4. The van der Waals surface area contributed by atoms with E-state index in [1.165, 1.54) is 14.2 Å². The van der Waals surface area contributed by atoms with Gasteiger partial charge in [0.25, 0.3) is 0 Å². The number of piperazine rings is 1. The van der Waals surface area contributed by atoms with Crippen LogP contribution in [0, 0.1) is 0 Å². The second-order valence-electron chi connectivity index (χ2n) is 10.2. The third kappa shape index (κ3) is 6.53. The molecular formula is C30H42N4O5. The maximum Gasteiger partial charge on any atom is 0.410 e. The van der Waals surface area contributed by atoms with E-state index in [-0.39, 0.29) is 18.0 Å². The number of carbonyl (C=O) groups is 2. The first-order valence-corrected chi connectivity index (χ1v) is 13.5. The topological polar surface area (TPSA) is 94.9 Å². The first-order valence-electron chi connectivity index (χ1n) is 13.5. The molecule has 4 rings (SSSR count). The quantitative estimate of drug-likeness (QED) is 0.428. The minimum atomic E-state index is -0.531. The molecule has 1 N–H and O–H groups in total. The van der Waals surface area contributed by atoms with E-state index in [4.69, 9.17) is 14.2 Å². The summed E-state index contributed by atoms with van der Waals surface area (Å²) in [5.74, 6) is -0.240. The van der Waals surface area contributed by atoms with Crippen LogP contribution in [0.4, 0.5) is 4.79 Å². The van der Waals surface area contributed by atoms with Crippen molar-refractivity contribution in [2.45, 2.75) is 59.6 Å². The van der Waals surface area contributed by atoms with Gasteiger partial charge in [-0.25, -0.2) is 14.6 Å². The van der Waals surface area contributed by atoms with Crippen molar-refractivity contribution in [2.75, 3.05) is 33.9 Å². The van der Waals surface area contributed by atoms with Gasteiger partial charge in [0, 0.05) is 48.8 Å². The highest BCUT2D eigenvalue weighted by Crippen LogP contribution is 2.33. The van der Waals surface area contributed by atoms with E-state index in [1.807, 2.05) is 54.7 Å². The predicted octanol–water partition coefficient (Wildman–Crippen LogP) is 5.51. The fourth-order valence-corrected chi connectivity index (χ4v) is 4.76. The molecule has 1 saturated heterocycles. The van der Waals surface area contributed by atoms with Crippen molar-refractivity contribution >= 4 is 23.0 Å². The molecule has 3 aromatic rings. The Morgan fingerprint density at radius 3 is 2.46 bits per heavy atom. The summed E-state index contributed by atoms with van der Waals surface area (Å²) in [6.45, 7) is 13.5. The van der Waals surface area contributed by atoms with E-state index in [2.05, 4.69) is 33.1 Å². The molecular weight excluding hydrogens is 496 g/mol. The number of methoxy groups -OCH3 is 2. The van der Waals surface area contributed by atoms with Crippen LogP contribution in [0.15, 0.2) is 30.3 Å². The number of nitrogens with one attached hydrogen (secondary N) is 1. The molecule has 1 atom stereocenters. The second kappa shape index (κ2) is 12.5. The summed E-state index contributed by atoms with van der Waals surface area (Å²) >= 11 is 0. The zero-order valence-electron chi connectivity index (χ0n) is 24.7. The van der Waals surface area contributed by atoms with Gasteiger partial charge >= 0.3 is 12.1 Å². The zero-order chi connectivity index (χ0) is 28.9. The van der Waals surface area contributed by atoms with Gasteiger partial charge in [0.15, 0.2) is 0 Å². The molecule has 0 aliphatic carbocycles. The maximum absolute atomic E-state index is 12.7. The maximum atomic E-state index is 12.7. The van der Waals surface area contributed by atoms with E-state index in [9.17, 15) is 9.59 Å². The Labute approximate surface area is 231 Å². The van der Waals surface area contributed by atoms with Crippen LogP contribution in [0.2, 0.25) is 0 Å². The van der Waals surface area contributed by atoms with Gasteiger partial charge in [-0.15, -0.1) is 0 Å². The monoisotopic (exact) mass is 538 g/mol. The molecule has 9 heteroatoms. The van der Waals surface area contributed by atoms with Crippen molar-refractivity contribution in [3.63, 3.8) is 0 Å². The van der Waals surface area contributed by atoms with Crippen molar-refractivity contribution in [2.24, 2.45) is 7.05 Å². The van der Waals surface area contributed by atoms with Gasteiger partial charge in [-0.2, -0.15) is 0 Å². The van der Waals surface area contributed by atoms with Crippen LogP contribution < -0.4 is 10.1 Å². The van der Waals surface area contributed by atoms with Crippen LogP contribution in [0.5, 0.6) is 5.88 Å². The lowest BCUT2D eigenvalue weighted by Crippen LogP contribution is -2.50. The number of benzene rings is 1. The Bertz CT molecular complexity index is 1330. The molecule has 9 nitrogen and oxygen atoms in total. The summed E-state index contributed by atoms with van der Waals surface area (Å²) in [4.78, 5) is 31.3. The standard InChI is InChI=1S/C28H36N4O5.C2H6/c1-8-17-14-20(26(33)36-7)25(35-6)30-24(17)18-9-10-22-19(13-18)15-23(31(22)5)21-16-32(12-11-29-21)27(34)37-28(2,3)4;1-2/h9-10,13-15,21,29H,8,11-12,16H2,1-7H3;1-2H3. The Kier molecular flexibility index (Phi) is 9.61. The lowest BCUT2D eigenvalue weighted by molar-refractivity contribution is 0.0192. The molecule has 1 aliphatic rings. The molecule has 2 aromatic heterocycles. The summed E-state index contributed by atoms with van der Waals surface area (Å²) in [6, 6.07) is 10.1.